The monoisotopic (exact) mass is 313 g/mol. The summed E-state index contributed by atoms with van der Waals surface area (Å²) in [5.41, 5.74) is -0.0425. The van der Waals surface area contributed by atoms with Gasteiger partial charge < -0.3 is 15.5 Å². The Balaban J connectivity index is 1.85. The van der Waals surface area contributed by atoms with Gasteiger partial charge in [0.15, 0.2) is 0 Å². The van der Waals surface area contributed by atoms with Crippen LogP contribution in [-0.2, 0) is 9.59 Å². The lowest BCUT2D eigenvalue weighted by molar-refractivity contribution is -0.139. The lowest BCUT2D eigenvalue weighted by Crippen LogP contribution is -2.50. The van der Waals surface area contributed by atoms with Crippen LogP contribution in [0.2, 0.25) is 0 Å². The van der Waals surface area contributed by atoms with Gasteiger partial charge in [-0.05, 0) is 24.8 Å². The zero-order valence-corrected chi connectivity index (χ0v) is 14.1. The normalized spacial score (nSPS) is 26.1. The fourth-order valence-electron chi connectivity index (χ4n) is 2.73. The number of hydrogen-bond acceptors (Lipinski definition) is 4. The number of nitrogens with one attached hydrogen (secondary N) is 2. The predicted molar refractivity (Wildman–Crippen MR) is 86.1 cm³/mol. The van der Waals surface area contributed by atoms with Gasteiger partial charge in [0.05, 0.1) is 5.88 Å². The Bertz CT molecular complexity index is 389. The Kier molecular flexibility index (Phi) is 5.54. The van der Waals surface area contributed by atoms with Crippen molar-refractivity contribution < 1.29 is 9.59 Å². The van der Waals surface area contributed by atoms with Crippen LogP contribution in [0.1, 0.15) is 40.0 Å². The molecule has 0 radical (unpaired) electrons. The van der Waals surface area contributed by atoms with Crippen molar-refractivity contribution in [3.63, 3.8) is 0 Å². The second-order valence-corrected chi connectivity index (χ2v) is 8.15. The minimum atomic E-state index is -0.300. The van der Waals surface area contributed by atoms with Crippen molar-refractivity contribution in [2.75, 3.05) is 24.7 Å². The summed E-state index contributed by atoms with van der Waals surface area (Å²) in [5.74, 6) is 1.43. The minimum Gasteiger partial charge on any atom is -0.353 e. The highest BCUT2D eigenvalue weighted by Gasteiger charge is 2.35. The highest BCUT2D eigenvalue weighted by molar-refractivity contribution is 7.99. The average molecular weight is 313 g/mol. The van der Waals surface area contributed by atoms with Crippen molar-refractivity contribution in [1.82, 2.24) is 15.5 Å². The quantitative estimate of drug-likeness (QED) is 0.818. The number of nitrogens with zero attached hydrogens (tertiary/aromatic N) is 1. The van der Waals surface area contributed by atoms with Gasteiger partial charge in [0.25, 0.3) is 0 Å². The number of hydrogen-bond donors (Lipinski definition) is 2. The Labute approximate surface area is 131 Å². The van der Waals surface area contributed by atoms with E-state index in [-0.39, 0.29) is 23.3 Å². The number of carbonyl (C=O) groups is 2. The van der Waals surface area contributed by atoms with Crippen LogP contribution in [0.4, 0.5) is 0 Å². The van der Waals surface area contributed by atoms with E-state index in [2.05, 4.69) is 31.4 Å². The summed E-state index contributed by atoms with van der Waals surface area (Å²) in [7, 11) is 0. The lowest BCUT2D eigenvalue weighted by atomic mass is 9.91. The molecule has 2 N–H and O–H groups in total. The van der Waals surface area contributed by atoms with E-state index in [1.165, 1.54) is 6.42 Å². The van der Waals surface area contributed by atoms with E-state index in [4.69, 9.17) is 0 Å². The van der Waals surface area contributed by atoms with Crippen molar-refractivity contribution in [3.05, 3.63) is 0 Å². The molecule has 2 aliphatic rings. The van der Waals surface area contributed by atoms with Crippen LogP contribution in [0.3, 0.4) is 0 Å². The fourth-order valence-corrected chi connectivity index (χ4v) is 3.91. The van der Waals surface area contributed by atoms with Crippen LogP contribution < -0.4 is 10.6 Å². The van der Waals surface area contributed by atoms with Gasteiger partial charge in [0.1, 0.15) is 6.04 Å². The molecule has 2 amide bonds. The van der Waals surface area contributed by atoms with Crippen LogP contribution in [0, 0.1) is 5.41 Å². The number of carbonyl (C=O) groups excluding carboxylic acids is 2. The van der Waals surface area contributed by atoms with Gasteiger partial charge in [-0.25, -0.2) is 0 Å². The summed E-state index contributed by atoms with van der Waals surface area (Å²) < 4.78 is 0. The van der Waals surface area contributed by atoms with Crippen LogP contribution in [0.5, 0.6) is 0 Å². The molecule has 2 saturated heterocycles. The zero-order chi connectivity index (χ0) is 15.5. The van der Waals surface area contributed by atoms with Crippen molar-refractivity contribution in [2.24, 2.45) is 5.41 Å². The van der Waals surface area contributed by atoms with Crippen molar-refractivity contribution in [2.45, 2.75) is 52.1 Å². The molecule has 2 aliphatic heterocycles. The van der Waals surface area contributed by atoms with Crippen molar-refractivity contribution >= 4 is 23.6 Å². The topological polar surface area (TPSA) is 61.4 Å². The molecule has 0 saturated carbocycles. The second kappa shape index (κ2) is 7.01. The molecular weight excluding hydrogens is 286 g/mol. The standard InChI is InChI=1S/C15H27N3O2S/c1-15(2,3)7-13(19)18-10-21-9-12(18)14(20)17-8-11-5-4-6-16-11/h11-12,16H,4-10H2,1-3H3,(H,17,20). The average Bonchev–Trinajstić information content (AvgIpc) is 3.05. The van der Waals surface area contributed by atoms with Gasteiger partial charge in [-0.15, -0.1) is 11.8 Å². The third-order valence-electron chi connectivity index (χ3n) is 3.87. The molecule has 2 unspecified atom stereocenters. The number of amides is 2. The smallest absolute Gasteiger partial charge is 0.243 e. The lowest BCUT2D eigenvalue weighted by Gasteiger charge is -2.27. The van der Waals surface area contributed by atoms with Gasteiger partial charge >= 0.3 is 0 Å². The summed E-state index contributed by atoms with van der Waals surface area (Å²) in [6.07, 6.45) is 2.78. The number of rotatable bonds is 4. The first-order valence-corrected chi connectivity index (χ1v) is 8.90. The molecule has 0 aliphatic carbocycles. The third-order valence-corrected chi connectivity index (χ3v) is 4.88. The van der Waals surface area contributed by atoms with E-state index in [0.29, 0.717) is 30.6 Å². The van der Waals surface area contributed by atoms with Gasteiger partial charge in [0, 0.05) is 24.8 Å². The van der Waals surface area contributed by atoms with E-state index < -0.39 is 0 Å². The Morgan fingerprint density at radius 1 is 1.38 bits per heavy atom. The molecular formula is C15H27N3O2S. The van der Waals surface area contributed by atoms with E-state index in [1.807, 2.05) is 0 Å². The zero-order valence-electron chi connectivity index (χ0n) is 13.3. The molecule has 5 nitrogen and oxygen atoms in total. The summed E-state index contributed by atoms with van der Waals surface area (Å²) in [6, 6.07) is 0.0907. The van der Waals surface area contributed by atoms with E-state index in [9.17, 15) is 9.59 Å². The molecule has 2 atom stereocenters. The Hall–Kier alpha value is -0.750. The third kappa shape index (κ3) is 4.88. The highest BCUT2D eigenvalue weighted by atomic mass is 32.2. The highest BCUT2D eigenvalue weighted by Crippen LogP contribution is 2.26. The maximum atomic E-state index is 12.4. The maximum Gasteiger partial charge on any atom is 0.243 e. The predicted octanol–water partition coefficient (Wildman–Crippen LogP) is 1.19. The van der Waals surface area contributed by atoms with Gasteiger partial charge in [-0.3, -0.25) is 9.59 Å². The van der Waals surface area contributed by atoms with Gasteiger partial charge in [0.2, 0.25) is 11.8 Å². The fraction of sp³-hybridized carbons (Fsp3) is 0.867. The molecule has 0 aromatic rings. The first-order chi connectivity index (χ1) is 9.87. The van der Waals surface area contributed by atoms with Crippen LogP contribution in [0.25, 0.3) is 0 Å². The molecule has 0 aromatic carbocycles. The molecule has 2 rings (SSSR count). The van der Waals surface area contributed by atoms with Crippen LogP contribution >= 0.6 is 11.8 Å². The number of thioether (sulfide) groups is 1. The Morgan fingerprint density at radius 3 is 2.76 bits per heavy atom. The molecule has 2 heterocycles. The Morgan fingerprint density at radius 2 is 2.14 bits per heavy atom. The molecule has 0 aromatic heterocycles. The van der Waals surface area contributed by atoms with E-state index >= 15 is 0 Å². The summed E-state index contributed by atoms with van der Waals surface area (Å²) in [6.45, 7) is 7.86. The second-order valence-electron chi connectivity index (χ2n) is 7.16. The van der Waals surface area contributed by atoms with E-state index in [1.54, 1.807) is 16.7 Å². The van der Waals surface area contributed by atoms with Gasteiger partial charge in [-0.2, -0.15) is 0 Å². The molecule has 0 bridgehead atoms. The molecule has 21 heavy (non-hydrogen) atoms. The van der Waals surface area contributed by atoms with Crippen molar-refractivity contribution in [3.8, 4) is 0 Å². The summed E-state index contributed by atoms with van der Waals surface area (Å²) in [4.78, 5) is 26.4. The largest absolute Gasteiger partial charge is 0.353 e. The minimum absolute atomic E-state index is 0.00374. The van der Waals surface area contributed by atoms with Crippen molar-refractivity contribution in [1.29, 1.82) is 0 Å². The van der Waals surface area contributed by atoms with E-state index in [0.717, 1.165) is 13.0 Å². The SMILES string of the molecule is CC(C)(C)CC(=O)N1CSCC1C(=O)NCC1CCCN1. The maximum absolute atomic E-state index is 12.4. The summed E-state index contributed by atoms with van der Waals surface area (Å²) in [5, 5.41) is 6.37. The molecule has 120 valence electrons. The van der Waals surface area contributed by atoms with Gasteiger partial charge in [-0.1, -0.05) is 20.8 Å². The van der Waals surface area contributed by atoms with Crippen LogP contribution in [0.15, 0.2) is 0 Å². The first-order valence-electron chi connectivity index (χ1n) is 7.75. The molecule has 6 heteroatoms. The summed E-state index contributed by atoms with van der Waals surface area (Å²) >= 11 is 1.66. The molecule has 2 fully saturated rings. The first kappa shape index (κ1) is 16.6. The van der Waals surface area contributed by atoms with Crippen LogP contribution in [-0.4, -0.2) is 53.5 Å². The molecule has 0 spiro atoms.